The van der Waals surface area contributed by atoms with Gasteiger partial charge in [-0.3, -0.25) is 0 Å². The molecule has 10 heavy (non-hydrogen) atoms. The number of aliphatic hydroxyl groups excluding tert-OH is 1. The summed E-state index contributed by atoms with van der Waals surface area (Å²) in [6.07, 6.45) is 6.07. The highest BCUT2D eigenvalue weighted by atomic mass is 16.3. The van der Waals surface area contributed by atoms with E-state index in [0.29, 0.717) is 0 Å². The van der Waals surface area contributed by atoms with Crippen molar-refractivity contribution in [2.24, 2.45) is 5.41 Å². The van der Waals surface area contributed by atoms with Crippen molar-refractivity contribution < 1.29 is 5.11 Å². The van der Waals surface area contributed by atoms with E-state index >= 15 is 0 Å². The second-order valence-electron chi connectivity index (χ2n) is 3.55. The lowest BCUT2D eigenvalue weighted by Gasteiger charge is -2.26. The third kappa shape index (κ3) is 1.24. The monoisotopic (exact) mass is 140 g/mol. The van der Waals surface area contributed by atoms with Crippen molar-refractivity contribution in [1.82, 2.24) is 0 Å². The van der Waals surface area contributed by atoms with Crippen molar-refractivity contribution in [2.45, 2.75) is 38.7 Å². The average Bonchev–Trinajstić information content (AvgIpc) is 2.15. The molecule has 2 atom stereocenters. The molecule has 0 heterocycles. The van der Waals surface area contributed by atoms with Crippen LogP contribution in [-0.4, -0.2) is 11.2 Å². The van der Waals surface area contributed by atoms with Crippen LogP contribution in [0.1, 0.15) is 32.6 Å². The number of allylic oxidation sites excluding steroid dienone is 1. The molecule has 0 unspecified atom stereocenters. The van der Waals surface area contributed by atoms with Crippen molar-refractivity contribution in [3.8, 4) is 0 Å². The molecule has 0 bridgehead atoms. The molecule has 58 valence electrons. The molecule has 1 nitrogen and oxygen atoms in total. The van der Waals surface area contributed by atoms with Crippen LogP contribution in [0.3, 0.4) is 0 Å². The highest BCUT2D eigenvalue weighted by Gasteiger charge is 2.35. The molecule has 0 aromatic heterocycles. The molecule has 1 rings (SSSR count). The van der Waals surface area contributed by atoms with Gasteiger partial charge >= 0.3 is 0 Å². The van der Waals surface area contributed by atoms with Gasteiger partial charge in [-0.1, -0.05) is 19.4 Å². The van der Waals surface area contributed by atoms with Gasteiger partial charge in [0, 0.05) is 0 Å². The summed E-state index contributed by atoms with van der Waals surface area (Å²) in [4.78, 5) is 0. The molecule has 0 spiro atoms. The number of rotatable bonds is 2. The summed E-state index contributed by atoms with van der Waals surface area (Å²) in [6, 6.07) is 0. The SMILES string of the molecule is C=CC[C@]1(C)CCC[C@H]1O. The molecule has 0 radical (unpaired) electrons. The van der Waals surface area contributed by atoms with Crippen molar-refractivity contribution in [1.29, 1.82) is 0 Å². The van der Waals surface area contributed by atoms with Crippen LogP contribution in [0.15, 0.2) is 12.7 Å². The molecular weight excluding hydrogens is 124 g/mol. The molecule has 0 aromatic rings. The van der Waals surface area contributed by atoms with E-state index in [1.165, 1.54) is 6.42 Å². The maximum absolute atomic E-state index is 9.53. The molecule has 1 aliphatic carbocycles. The number of aliphatic hydroxyl groups is 1. The van der Waals surface area contributed by atoms with Crippen LogP contribution < -0.4 is 0 Å². The van der Waals surface area contributed by atoms with Crippen LogP contribution in [0.2, 0.25) is 0 Å². The van der Waals surface area contributed by atoms with Crippen LogP contribution in [0, 0.1) is 5.41 Å². The molecule has 1 N–H and O–H groups in total. The molecule has 1 heteroatoms. The van der Waals surface area contributed by atoms with Gasteiger partial charge in [-0.05, 0) is 24.7 Å². The lowest BCUT2D eigenvalue weighted by molar-refractivity contribution is 0.0684. The fourth-order valence-electron chi connectivity index (χ4n) is 1.78. The number of hydrogen-bond donors (Lipinski definition) is 1. The highest BCUT2D eigenvalue weighted by Crippen LogP contribution is 2.40. The maximum Gasteiger partial charge on any atom is 0.0596 e. The summed E-state index contributed by atoms with van der Waals surface area (Å²) >= 11 is 0. The zero-order valence-corrected chi connectivity index (χ0v) is 6.64. The smallest absolute Gasteiger partial charge is 0.0596 e. The first-order chi connectivity index (χ1) is 4.69. The zero-order valence-electron chi connectivity index (χ0n) is 6.64. The Hall–Kier alpha value is -0.300. The highest BCUT2D eigenvalue weighted by molar-refractivity contribution is 4.92. The van der Waals surface area contributed by atoms with Gasteiger partial charge in [-0.15, -0.1) is 6.58 Å². The summed E-state index contributed by atoms with van der Waals surface area (Å²) in [5.41, 5.74) is 0.141. The van der Waals surface area contributed by atoms with Gasteiger partial charge in [-0.2, -0.15) is 0 Å². The van der Waals surface area contributed by atoms with Crippen LogP contribution >= 0.6 is 0 Å². The Bertz CT molecular complexity index is 131. The van der Waals surface area contributed by atoms with Gasteiger partial charge in [0.2, 0.25) is 0 Å². The van der Waals surface area contributed by atoms with E-state index in [2.05, 4.69) is 13.5 Å². The normalized spacial score (nSPS) is 40.0. The average molecular weight is 140 g/mol. The molecule has 1 fully saturated rings. The second-order valence-corrected chi connectivity index (χ2v) is 3.55. The summed E-state index contributed by atoms with van der Waals surface area (Å²) < 4.78 is 0. The summed E-state index contributed by atoms with van der Waals surface area (Å²) in [5, 5.41) is 9.53. The van der Waals surface area contributed by atoms with Crippen LogP contribution in [0.25, 0.3) is 0 Å². The maximum atomic E-state index is 9.53. The predicted molar refractivity (Wildman–Crippen MR) is 42.8 cm³/mol. The zero-order chi connectivity index (χ0) is 7.61. The third-order valence-corrected chi connectivity index (χ3v) is 2.64. The molecule has 0 aliphatic heterocycles. The lowest BCUT2D eigenvalue weighted by atomic mass is 9.83. The van der Waals surface area contributed by atoms with Crippen LogP contribution in [0.4, 0.5) is 0 Å². The van der Waals surface area contributed by atoms with Gasteiger partial charge in [0.05, 0.1) is 6.10 Å². The minimum absolute atomic E-state index is 0.0921. The van der Waals surface area contributed by atoms with Crippen molar-refractivity contribution in [3.63, 3.8) is 0 Å². The quantitative estimate of drug-likeness (QED) is 0.582. The summed E-state index contributed by atoms with van der Waals surface area (Å²) in [6.45, 7) is 5.84. The van der Waals surface area contributed by atoms with Gasteiger partial charge in [0.25, 0.3) is 0 Å². The van der Waals surface area contributed by atoms with E-state index in [1.54, 1.807) is 0 Å². The first-order valence-corrected chi connectivity index (χ1v) is 3.98. The third-order valence-electron chi connectivity index (χ3n) is 2.64. The second kappa shape index (κ2) is 2.75. The minimum Gasteiger partial charge on any atom is -0.393 e. The van der Waals surface area contributed by atoms with E-state index in [4.69, 9.17) is 0 Å². The van der Waals surface area contributed by atoms with Gasteiger partial charge in [0.1, 0.15) is 0 Å². The van der Waals surface area contributed by atoms with Crippen LogP contribution in [0.5, 0.6) is 0 Å². The first-order valence-electron chi connectivity index (χ1n) is 3.98. The van der Waals surface area contributed by atoms with Gasteiger partial charge in [-0.25, -0.2) is 0 Å². The molecular formula is C9H16O. The Morgan fingerprint density at radius 1 is 1.80 bits per heavy atom. The Kier molecular flexibility index (Phi) is 2.14. The Labute approximate surface area is 62.8 Å². The topological polar surface area (TPSA) is 20.2 Å². The van der Waals surface area contributed by atoms with Gasteiger partial charge in [0.15, 0.2) is 0 Å². The Morgan fingerprint density at radius 2 is 2.50 bits per heavy atom. The van der Waals surface area contributed by atoms with E-state index < -0.39 is 0 Å². The molecule has 1 saturated carbocycles. The molecule has 0 amide bonds. The fraction of sp³-hybridized carbons (Fsp3) is 0.778. The summed E-state index contributed by atoms with van der Waals surface area (Å²) in [5.74, 6) is 0. The van der Waals surface area contributed by atoms with Crippen molar-refractivity contribution in [2.75, 3.05) is 0 Å². The largest absolute Gasteiger partial charge is 0.393 e. The van der Waals surface area contributed by atoms with Gasteiger partial charge < -0.3 is 5.11 Å². The Morgan fingerprint density at radius 3 is 2.90 bits per heavy atom. The standard InChI is InChI=1S/C9H16O/c1-3-6-9(2)7-4-5-8(9)10/h3,8,10H,1,4-7H2,2H3/t8-,9-/m1/s1. The predicted octanol–water partition coefficient (Wildman–Crippen LogP) is 2.11. The van der Waals surface area contributed by atoms with Crippen molar-refractivity contribution in [3.05, 3.63) is 12.7 Å². The Balaban J connectivity index is 2.56. The van der Waals surface area contributed by atoms with E-state index in [9.17, 15) is 5.11 Å². The molecule has 0 aromatic carbocycles. The summed E-state index contributed by atoms with van der Waals surface area (Å²) in [7, 11) is 0. The minimum atomic E-state index is -0.0921. The molecule has 0 saturated heterocycles. The fourth-order valence-corrected chi connectivity index (χ4v) is 1.78. The van der Waals surface area contributed by atoms with E-state index in [1.807, 2.05) is 6.08 Å². The number of hydrogen-bond acceptors (Lipinski definition) is 1. The molecule has 1 aliphatic rings. The van der Waals surface area contributed by atoms with Crippen molar-refractivity contribution >= 4 is 0 Å². The first kappa shape index (κ1) is 7.80. The lowest BCUT2D eigenvalue weighted by Crippen LogP contribution is -2.25. The van der Waals surface area contributed by atoms with Crippen LogP contribution in [-0.2, 0) is 0 Å². The van der Waals surface area contributed by atoms with E-state index in [-0.39, 0.29) is 11.5 Å². The van der Waals surface area contributed by atoms with E-state index in [0.717, 1.165) is 19.3 Å².